The van der Waals surface area contributed by atoms with E-state index in [1.54, 1.807) is 14.2 Å². The first-order valence-corrected chi connectivity index (χ1v) is 6.82. The van der Waals surface area contributed by atoms with Crippen molar-refractivity contribution in [1.29, 1.82) is 0 Å². The second-order valence-corrected chi connectivity index (χ2v) is 4.79. The van der Waals surface area contributed by atoms with E-state index in [4.69, 9.17) is 14.2 Å². The molecule has 5 nitrogen and oxygen atoms in total. The minimum Gasteiger partial charge on any atom is -0.497 e. The van der Waals surface area contributed by atoms with Gasteiger partial charge in [0.2, 0.25) is 5.91 Å². The number of rotatable bonds is 6. The normalized spacial score (nSPS) is 17.8. The maximum absolute atomic E-state index is 12.0. The van der Waals surface area contributed by atoms with Gasteiger partial charge in [0.15, 0.2) is 0 Å². The van der Waals surface area contributed by atoms with E-state index in [0.717, 1.165) is 25.0 Å². The largest absolute Gasteiger partial charge is 0.497 e. The van der Waals surface area contributed by atoms with Crippen LogP contribution in [0.25, 0.3) is 0 Å². The molecular weight excluding hydrogens is 258 g/mol. The predicted molar refractivity (Wildman–Crippen MR) is 75.2 cm³/mol. The lowest BCUT2D eigenvalue weighted by Crippen LogP contribution is -2.32. The van der Waals surface area contributed by atoms with E-state index in [-0.39, 0.29) is 18.4 Å². The highest BCUT2D eigenvalue weighted by atomic mass is 16.5. The summed E-state index contributed by atoms with van der Waals surface area (Å²) in [4.78, 5) is 12.0. The third-order valence-corrected chi connectivity index (χ3v) is 3.39. The molecule has 1 aliphatic heterocycles. The molecule has 5 heteroatoms. The third-order valence-electron chi connectivity index (χ3n) is 3.39. The molecule has 1 aromatic rings. The lowest BCUT2D eigenvalue weighted by molar-refractivity contribution is -0.120. The molecule has 1 unspecified atom stereocenters. The Balaban J connectivity index is 1.91. The van der Waals surface area contributed by atoms with Gasteiger partial charge in [-0.3, -0.25) is 4.79 Å². The zero-order valence-electron chi connectivity index (χ0n) is 12.0. The summed E-state index contributed by atoms with van der Waals surface area (Å²) in [6.07, 6.45) is 2.52. The number of hydrogen-bond donors (Lipinski definition) is 1. The maximum Gasteiger partial charge on any atom is 0.224 e. The SMILES string of the molecule is COc1ccc(OC)c(CC(=O)NCC2CCCO2)c1. The van der Waals surface area contributed by atoms with Gasteiger partial charge in [0, 0.05) is 18.7 Å². The van der Waals surface area contributed by atoms with Gasteiger partial charge in [-0.05, 0) is 31.0 Å². The van der Waals surface area contributed by atoms with Gasteiger partial charge in [-0.2, -0.15) is 0 Å². The van der Waals surface area contributed by atoms with Crippen molar-refractivity contribution in [2.45, 2.75) is 25.4 Å². The van der Waals surface area contributed by atoms with Gasteiger partial charge in [-0.15, -0.1) is 0 Å². The van der Waals surface area contributed by atoms with Gasteiger partial charge in [-0.1, -0.05) is 0 Å². The van der Waals surface area contributed by atoms with Crippen molar-refractivity contribution < 1.29 is 19.0 Å². The second kappa shape index (κ2) is 7.14. The fourth-order valence-electron chi connectivity index (χ4n) is 2.29. The lowest BCUT2D eigenvalue weighted by Gasteiger charge is -2.13. The zero-order valence-corrected chi connectivity index (χ0v) is 12.0. The van der Waals surface area contributed by atoms with Crippen molar-refractivity contribution >= 4 is 5.91 Å². The number of carbonyl (C=O) groups is 1. The molecule has 0 radical (unpaired) electrons. The highest BCUT2D eigenvalue weighted by molar-refractivity contribution is 5.79. The highest BCUT2D eigenvalue weighted by Crippen LogP contribution is 2.24. The van der Waals surface area contributed by atoms with Crippen LogP contribution in [0.3, 0.4) is 0 Å². The van der Waals surface area contributed by atoms with Gasteiger partial charge in [-0.25, -0.2) is 0 Å². The van der Waals surface area contributed by atoms with Crippen molar-refractivity contribution in [3.63, 3.8) is 0 Å². The van der Waals surface area contributed by atoms with Crippen LogP contribution in [-0.4, -0.2) is 39.4 Å². The van der Waals surface area contributed by atoms with Crippen LogP contribution in [-0.2, 0) is 16.0 Å². The maximum atomic E-state index is 12.0. The van der Waals surface area contributed by atoms with Crippen molar-refractivity contribution in [1.82, 2.24) is 5.32 Å². The molecule has 0 bridgehead atoms. The van der Waals surface area contributed by atoms with E-state index in [2.05, 4.69) is 5.32 Å². The first kappa shape index (κ1) is 14.7. The van der Waals surface area contributed by atoms with Gasteiger partial charge in [0.1, 0.15) is 11.5 Å². The molecule has 1 N–H and O–H groups in total. The second-order valence-electron chi connectivity index (χ2n) is 4.79. The van der Waals surface area contributed by atoms with E-state index >= 15 is 0 Å². The number of carbonyl (C=O) groups excluding carboxylic acids is 1. The van der Waals surface area contributed by atoms with Crippen LogP contribution < -0.4 is 14.8 Å². The monoisotopic (exact) mass is 279 g/mol. The molecule has 0 spiro atoms. The van der Waals surface area contributed by atoms with Crippen LogP contribution in [0.15, 0.2) is 18.2 Å². The predicted octanol–water partition coefficient (Wildman–Crippen LogP) is 1.54. The first-order valence-electron chi connectivity index (χ1n) is 6.82. The smallest absolute Gasteiger partial charge is 0.224 e. The zero-order chi connectivity index (χ0) is 14.4. The molecule has 1 aliphatic rings. The van der Waals surface area contributed by atoms with Crippen LogP contribution >= 0.6 is 0 Å². The molecule has 1 saturated heterocycles. The van der Waals surface area contributed by atoms with Gasteiger partial charge < -0.3 is 19.5 Å². The van der Waals surface area contributed by atoms with E-state index in [0.29, 0.717) is 18.0 Å². The summed E-state index contributed by atoms with van der Waals surface area (Å²) in [6.45, 7) is 1.37. The van der Waals surface area contributed by atoms with Crippen LogP contribution in [0.1, 0.15) is 18.4 Å². The molecule has 1 atom stereocenters. The molecule has 0 aromatic heterocycles. The number of nitrogens with one attached hydrogen (secondary N) is 1. The van der Waals surface area contributed by atoms with Crippen LogP contribution in [0.4, 0.5) is 0 Å². The van der Waals surface area contributed by atoms with Crippen molar-refractivity contribution in [3.05, 3.63) is 23.8 Å². The van der Waals surface area contributed by atoms with E-state index in [1.165, 1.54) is 0 Å². The summed E-state index contributed by atoms with van der Waals surface area (Å²) in [5.74, 6) is 1.37. The Morgan fingerprint density at radius 2 is 2.25 bits per heavy atom. The topological polar surface area (TPSA) is 56.8 Å². The third kappa shape index (κ3) is 3.87. The van der Waals surface area contributed by atoms with Crippen LogP contribution in [0.5, 0.6) is 11.5 Å². The standard InChI is InChI=1S/C15H21NO4/c1-18-12-5-6-14(19-2)11(8-12)9-15(17)16-10-13-4-3-7-20-13/h5-6,8,13H,3-4,7,9-10H2,1-2H3,(H,16,17). The summed E-state index contributed by atoms with van der Waals surface area (Å²) in [6, 6.07) is 5.44. The molecule has 0 saturated carbocycles. The summed E-state index contributed by atoms with van der Waals surface area (Å²) in [7, 11) is 3.19. The fourth-order valence-corrected chi connectivity index (χ4v) is 2.29. The Hall–Kier alpha value is -1.75. The first-order chi connectivity index (χ1) is 9.72. The summed E-state index contributed by atoms with van der Waals surface area (Å²) in [5.41, 5.74) is 0.816. The molecule has 1 fully saturated rings. The van der Waals surface area contributed by atoms with E-state index in [1.807, 2.05) is 18.2 Å². The van der Waals surface area contributed by atoms with E-state index in [9.17, 15) is 4.79 Å². The van der Waals surface area contributed by atoms with Crippen molar-refractivity contribution in [2.24, 2.45) is 0 Å². The molecule has 2 rings (SSSR count). The van der Waals surface area contributed by atoms with Crippen LogP contribution in [0.2, 0.25) is 0 Å². The molecule has 1 aromatic carbocycles. The number of benzene rings is 1. The van der Waals surface area contributed by atoms with Crippen molar-refractivity contribution in [2.75, 3.05) is 27.4 Å². The number of ether oxygens (including phenoxy) is 3. The lowest BCUT2D eigenvalue weighted by atomic mass is 10.1. The average Bonchev–Trinajstić information content (AvgIpc) is 2.98. The Morgan fingerprint density at radius 1 is 1.40 bits per heavy atom. The molecule has 1 heterocycles. The van der Waals surface area contributed by atoms with Crippen LogP contribution in [0, 0.1) is 0 Å². The van der Waals surface area contributed by atoms with E-state index < -0.39 is 0 Å². The summed E-state index contributed by atoms with van der Waals surface area (Å²) in [5, 5.41) is 2.90. The molecular formula is C15H21NO4. The fraction of sp³-hybridized carbons (Fsp3) is 0.533. The average molecular weight is 279 g/mol. The Morgan fingerprint density at radius 3 is 2.90 bits per heavy atom. The Labute approximate surface area is 119 Å². The molecule has 110 valence electrons. The Bertz CT molecular complexity index is 455. The molecule has 20 heavy (non-hydrogen) atoms. The number of amides is 1. The summed E-state index contributed by atoms with van der Waals surface area (Å²) < 4.78 is 15.9. The minimum atomic E-state index is -0.0351. The quantitative estimate of drug-likeness (QED) is 0.858. The van der Waals surface area contributed by atoms with Gasteiger partial charge >= 0.3 is 0 Å². The highest BCUT2D eigenvalue weighted by Gasteiger charge is 2.17. The minimum absolute atomic E-state index is 0.0351. The molecule has 1 amide bonds. The molecule has 0 aliphatic carbocycles. The van der Waals surface area contributed by atoms with Crippen molar-refractivity contribution in [3.8, 4) is 11.5 Å². The number of methoxy groups -OCH3 is 2. The Kier molecular flexibility index (Phi) is 5.24. The van der Waals surface area contributed by atoms with Gasteiger partial charge in [0.25, 0.3) is 0 Å². The van der Waals surface area contributed by atoms with Gasteiger partial charge in [0.05, 0.1) is 26.7 Å². The summed E-state index contributed by atoms with van der Waals surface area (Å²) >= 11 is 0. The number of hydrogen-bond acceptors (Lipinski definition) is 4.